The van der Waals surface area contributed by atoms with E-state index in [1.807, 2.05) is 18.2 Å². The quantitative estimate of drug-likeness (QED) is 0.871. The van der Waals surface area contributed by atoms with E-state index in [4.69, 9.17) is 4.74 Å². The third kappa shape index (κ3) is 3.07. The maximum absolute atomic E-state index is 12.7. The third-order valence-corrected chi connectivity index (χ3v) is 4.63. The van der Waals surface area contributed by atoms with Crippen LogP contribution in [0.4, 0.5) is 11.5 Å². The number of fused-ring (bicyclic) bond motifs is 1. The number of pyridine rings is 1. The van der Waals surface area contributed by atoms with Gasteiger partial charge in [-0.2, -0.15) is 0 Å². The topological polar surface area (TPSA) is 71.5 Å². The number of benzene rings is 1. The molecule has 6 heteroatoms. The van der Waals surface area contributed by atoms with Crippen LogP contribution in [0.1, 0.15) is 28.8 Å². The Kier molecular flexibility index (Phi) is 4.09. The Morgan fingerprint density at radius 1 is 1.16 bits per heavy atom. The number of hydrogen-bond donors (Lipinski definition) is 1. The minimum atomic E-state index is -0.825. The minimum absolute atomic E-state index is 0.323. The second kappa shape index (κ2) is 6.55. The number of esters is 1. The molecule has 0 aliphatic carbocycles. The number of carbonyl (C=O) groups is 2. The molecule has 128 valence electrons. The van der Waals surface area contributed by atoms with Crippen molar-refractivity contribution in [1.82, 2.24) is 4.98 Å². The molecular formula is C19H19N3O3. The van der Waals surface area contributed by atoms with Crippen molar-refractivity contribution in [3.05, 3.63) is 53.7 Å². The van der Waals surface area contributed by atoms with Crippen molar-refractivity contribution in [2.75, 3.05) is 23.3 Å². The highest BCUT2D eigenvalue weighted by Crippen LogP contribution is 2.27. The number of hydrogen-bond acceptors (Lipinski definition) is 5. The zero-order valence-electron chi connectivity index (χ0n) is 13.8. The highest BCUT2D eigenvalue weighted by atomic mass is 16.5. The zero-order chi connectivity index (χ0) is 17.2. The van der Waals surface area contributed by atoms with Gasteiger partial charge in [-0.3, -0.25) is 4.79 Å². The number of nitrogens with zero attached hydrogens (tertiary/aromatic N) is 2. The molecule has 2 aromatic rings. The molecule has 0 saturated carbocycles. The summed E-state index contributed by atoms with van der Waals surface area (Å²) in [5.74, 6) is 0.000129. The minimum Gasteiger partial charge on any atom is -0.448 e. The monoisotopic (exact) mass is 337 g/mol. The Balaban J connectivity index is 1.53. The van der Waals surface area contributed by atoms with E-state index in [1.54, 1.807) is 24.4 Å². The standard InChI is InChI=1S/C19H19N3O3/c23-18(16-12-13-6-1-2-7-14(13)19(24)25-16)21-15-8-5-9-20-17(15)22-10-3-4-11-22/h1-2,5-9,16H,3-4,10-12H2,(H,21,23). The third-order valence-electron chi connectivity index (χ3n) is 4.63. The number of nitrogens with one attached hydrogen (secondary N) is 1. The number of cyclic esters (lactones) is 1. The Morgan fingerprint density at radius 2 is 1.96 bits per heavy atom. The van der Waals surface area contributed by atoms with Crippen LogP contribution in [0.3, 0.4) is 0 Å². The average molecular weight is 337 g/mol. The zero-order valence-corrected chi connectivity index (χ0v) is 13.8. The second-order valence-electron chi connectivity index (χ2n) is 6.31. The fourth-order valence-corrected chi connectivity index (χ4v) is 3.37. The molecule has 2 aliphatic heterocycles. The van der Waals surface area contributed by atoms with Gasteiger partial charge in [-0.05, 0) is 36.6 Å². The molecule has 1 unspecified atom stereocenters. The van der Waals surface area contributed by atoms with Crippen molar-refractivity contribution in [3.8, 4) is 0 Å². The lowest BCUT2D eigenvalue weighted by Gasteiger charge is -2.25. The van der Waals surface area contributed by atoms with E-state index in [0.29, 0.717) is 17.7 Å². The van der Waals surface area contributed by atoms with Crippen molar-refractivity contribution in [2.24, 2.45) is 0 Å². The van der Waals surface area contributed by atoms with E-state index in [0.717, 1.165) is 37.3 Å². The summed E-state index contributed by atoms with van der Waals surface area (Å²) in [6.45, 7) is 1.87. The number of ether oxygens (including phenoxy) is 1. The van der Waals surface area contributed by atoms with Crippen molar-refractivity contribution in [2.45, 2.75) is 25.4 Å². The van der Waals surface area contributed by atoms with Crippen LogP contribution in [0.5, 0.6) is 0 Å². The lowest BCUT2D eigenvalue weighted by molar-refractivity contribution is -0.125. The van der Waals surface area contributed by atoms with E-state index >= 15 is 0 Å². The molecule has 0 radical (unpaired) electrons. The molecule has 4 rings (SSSR count). The molecule has 3 heterocycles. The summed E-state index contributed by atoms with van der Waals surface area (Å²) >= 11 is 0. The van der Waals surface area contributed by atoms with Gasteiger partial charge in [0.25, 0.3) is 5.91 Å². The SMILES string of the molecule is O=C1OC(C(=O)Nc2cccnc2N2CCCC2)Cc2ccccc21. The maximum atomic E-state index is 12.7. The first-order valence-electron chi connectivity index (χ1n) is 8.52. The summed E-state index contributed by atoms with van der Waals surface area (Å²) in [4.78, 5) is 31.3. The molecule has 1 atom stereocenters. The summed E-state index contributed by atoms with van der Waals surface area (Å²) in [5.41, 5.74) is 2.03. The summed E-state index contributed by atoms with van der Waals surface area (Å²) in [6.07, 6.45) is 3.53. The molecule has 1 aromatic carbocycles. The molecule has 25 heavy (non-hydrogen) atoms. The molecule has 1 fully saturated rings. The van der Waals surface area contributed by atoms with Gasteiger partial charge in [0.15, 0.2) is 11.9 Å². The smallest absolute Gasteiger partial charge is 0.339 e. The summed E-state index contributed by atoms with van der Waals surface area (Å²) in [7, 11) is 0. The predicted molar refractivity (Wildman–Crippen MR) is 93.7 cm³/mol. The fourth-order valence-electron chi connectivity index (χ4n) is 3.37. The number of anilines is 2. The van der Waals surface area contributed by atoms with E-state index in [-0.39, 0.29) is 5.91 Å². The summed E-state index contributed by atoms with van der Waals surface area (Å²) in [6, 6.07) is 10.8. The molecule has 0 bridgehead atoms. The van der Waals surface area contributed by atoms with E-state index < -0.39 is 12.1 Å². The van der Waals surface area contributed by atoms with Crippen molar-refractivity contribution >= 4 is 23.4 Å². The van der Waals surface area contributed by atoms with Crippen molar-refractivity contribution in [1.29, 1.82) is 0 Å². The molecule has 2 aliphatic rings. The van der Waals surface area contributed by atoms with Gasteiger partial charge >= 0.3 is 5.97 Å². The number of aromatic nitrogens is 1. The number of rotatable bonds is 3. The summed E-state index contributed by atoms with van der Waals surface area (Å²) in [5, 5.41) is 2.89. The van der Waals surface area contributed by atoms with Gasteiger partial charge in [0.05, 0.1) is 11.3 Å². The van der Waals surface area contributed by atoms with Gasteiger partial charge in [-0.25, -0.2) is 9.78 Å². The summed E-state index contributed by atoms with van der Waals surface area (Å²) < 4.78 is 5.33. The number of carbonyl (C=O) groups excluding carboxylic acids is 2. The molecule has 1 saturated heterocycles. The van der Waals surface area contributed by atoms with Gasteiger partial charge in [0.2, 0.25) is 0 Å². The highest BCUT2D eigenvalue weighted by molar-refractivity contribution is 6.01. The molecule has 1 N–H and O–H groups in total. The highest BCUT2D eigenvalue weighted by Gasteiger charge is 2.31. The van der Waals surface area contributed by atoms with Crippen LogP contribution in [0.2, 0.25) is 0 Å². The first kappa shape index (κ1) is 15.6. The van der Waals surface area contributed by atoms with Crippen molar-refractivity contribution < 1.29 is 14.3 Å². The van der Waals surface area contributed by atoms with Crippen LogP contribution < -0.4 is 10.2 Å². The van der Waals surface area contributed by atoms with E-state index in [9.17, 15) is 9.59 Å². The largest absolute Gasteiger partial charge is 0.448 e. The molecule has 1 aromatic heterocycles. The molecular weight excluding hydrogens is 318 g/mol. The van der Waals surface area contributed by atoms with Crippen LogP contribution in [-0.2, 0) is 16.0 Å². The van der Waals surface area contributed by atoms with Crippen LogP contribution in [0, 0.1) is 0 Å². The second-order valence-corrected chi connectivity index (χ2v) is 6.31. The van der Waals surface area contributed by atoms with Crippen LogP contribution in [-0.4, -0.2) is 36.1 Å². The molecule has 1 amide bonds. The van der Waals surface area contributed by atoms with Crippen LogP contribution >= 0.6 is 0 Å². The Bertz CT molecular complexity index is 815. The first-order chi connectivity index (χ1) is 12.2. The van der Waals surface area contributed by atoms with E-state index in [1.165, 1.54) is 0 Å². The first-order valence-corrected chi connectivity index (χ1v) is 8.52. The lowest BCUT2D eigenvalue weighted by Crippen LogP contribution is -2.38. The Hall–Kier alpha value is -2.89. The Morgan fingerprint density at radius 3 is 2.80 bits per heavy atom. The fraction of sp³-hybridized carbons (Fsp3) is 0.316. The molecule has 6 nitrogen and oxygen atoms in total. The average Bonchev–Trinajstić information content (AvgIpc) is 3.16. The van der Waals surface area contributed by atoms with Crippen LogP contribution in [0.15, 0.2) is 42.6 Å². The van der Waals surface area contributed by atoms with E-state index in [2.05, 4.69) is 15.2 Å². The van der Waals surface area contributed by atoms with Gasteiger partial charge in [0.1, 0.15) is 0 Å². The van der Waals surface area contributed by atoms with Crippen molar-refractivity contribution in [3.63, 3.8) is 0 Å². The Labute approximate surface area is 145 Å². The normalized spacial score (nSPS) is 19.3. The van der Waals surface area contributed by atoms with Gasteiger partial charge in [0, 0.05) is 25.7 Å². The van der Waals surface area contributed by atoms with Gasteiger partial charge in [-0.1, -0.05) is 18.2 Å². The molecule has 0 spiro atoms. The van der Waals surface area contributed by atoms with Gasteiger partial charge < -0.3 is 15.0 Å². The lowest BCUT2D eigenvalue weighted by atomic mass is 9.98. The predicted octanol–water partition coefficient (Wildman–Crippen LogP) is 2.40. The van der Waals surface area contributed by atoms with Crippen LogP contribution in [0.25, 0.3) is 0 Å². The number of amides is 1. The maximum Gasteiger partial charge on any atom is 0.339 e. The van der Waals surface area contributed by atoms with Gasteiger partial charge in [-0.15, -0.1) is 0 Å².